The lowest BCUT2D eigenvalue weighted by molar-refractivity contribution is -0.125. The van der Waals surface area contributed by atoms with E-state index in [0.717, 1.165) is 33.0 Å². The normalized spacial score (nSPS) is 14.7. The first-order valence-corrected chi connectivity index (χ1v) is 12.2. The molecule has 7 nitrogen and oxygen atoms in total. The second-order valence-electron chi connectivity index (χ2n) is 7.85. The van der Waals surface area contributed by atoms with Crippen molar-refractivity contribution in [2.45, 2.75) is 13.5 Å². The first-order chi connectivity index (χ1) is 16.0. The lowest BCUT2D eigenvalue weighted by Gasteiger charge is -2.28. The topological polar surface area (TPSA) is 87.3 Å². The second kappa shape index (κ2) is 8.97. The SMILES string of the molecule is Cc1cc(C(=O)NCc2cc[s+](-c3nc4ccc(Cl)cc4[nH]3)c2)ccc1N1CCOCC1=O. The Kier molecular flexibility index (Phi) is 5.88. The first-order valence-electron chi connectivity index (χ1n) is 10.5. The van der Waals surface area contributed by atoms with Gasteiger partial charge in [-0.1, -0.05) is 11.6 Å². The molecule has 168 valence electrons. The van der Waals surface area contributed by atoms with Crippen LogP contribution in [0, 0.1) is 6.92 Å². The van der Waals surface area contributed by atoms with E-state index in [-0.39, 0.29) is 28.9 Å². The Hall–Kier alpha value is -3.20. The van der Waals surface area contributed by atoms with Gasteiger partial charge >= 0.3 is 5.16 Å². The van der Waals surface area contributed by atoms with Crippen LogP contribution in [0.5, 0.6) is 0 Å². The van der Waals surface area contributed by atoms with E-state index in [1.807, 2.05) is 43.3 Å². The number of nitrogens with one attached hydrogen (secondary N) is 2. The molecule has 3 heterocycles. The summed E-state index contributed by atoms with van der Waals surface area (Å²) in [6, 6.07) is 13.0. The van der Waals surface area contributed by atoms with Crippen LogP contribution in [0.4, 0.5) is 5.69 Å². The number of aromatic nitrogens is 2. The molecule has 33 heavy (non-hydrogen) atoms. The third-order valence-corrected chi connectivity index (χ3v) is 7.40. The summed E-state index contributed by atoms with van der Waals surface area (Å²) in [4.78, 5) is 34.5. The van der Waals surface area contributed by atoms with Crippen LogP contribution in [0.15, 0.2) is 53.2 Å². The third kappa shape index (κ3) is 4.50. The number of morpholine rings is 1. The Balaban J connectivity index is 1.25. The third-order valence-electron chi connectivity index (χ3n) is 5.54. The number of H-pyrrole nitrogens is 1. The molecule has 5 rings (SSSR count). The number of amides is 2. The van der Waals surface area contributed by atoms with Gasteiger partial charge in [0.15, 0.2) is 5.38 Å². The number of aryl methyl sites for hydroxylation is 1. The molecule has 0 aliphatic carbocycles. The second-order valence-corrected chi connectivity index (χ2v) is 9.93. The summed E-state index contributed by atoms with van der Waals surface area (Å²) in [5, 5.41) is 8.71. The highest BCUT2D eigenvalue weighted by Crippen LogP contribution is 2.32. The summed E-state index contributed by atoms with van der Waals surface area (Å²) >= 11 is 6.06. The molecule has 0 saturated carbocycles. The van der Waals surface area contributed by atoms with Gasteiger partial charge in [-0.25, -0.2) is 0 Å². The average molecular weight is 482 g/mol. The molecule has 1 saturated heterocycles. The average Bonchev–Trinajstić information content (AvgIpc) is 3.44. The number of halogens is 1. The zero-order valence-corrected chi connectivity index (χ0v) is 19.5. The largest absolute Gasteiger partial charge is 0.370 e. The van der Waals surface area contributed by atoms with Gasteiger partial charge in [-0.3, -0.25) is 14.6 Å². The molecule has 2 N–H and O–H groups in total. The fourth-order valence-corrected chi connectivity index (χ4v) is 5.58. The van der Waals surface area contributed by atoms with Crippen LogP contribution in [-0.4, -0.2) is 41.5 Å². The Morgan fingerprint density at radius 1 is 1.27 bits per heavy atom. The molecule has 1 atom stereocenters. The number of fused-ring (bicyclic) bond motifs is 1. The maximum Gasteiger partial charge on any atom is 0.349 e. The number of ether oxygens (including phenoxy) is 1. The van der Waals surface area contributed by atoms with E-state index in [0.29, 0.717) is 30.3 Å². The van der Waals surface area contributed by atoms with Crippen LogP contribution >= 0.6 is 22.1 Å². The predicted octanol–water partition coefficient (Wildman–Crippen LogP) is 4.56. The molecule has 2 amide bonds. The number of rotatable bonds is 5. The van der Waals surface area contributed by atoms with Crippen molar-refractivity contribution >= 4 is 50.6 Å². The van der Waals surface area contributed by atoms with Gasteiger partial charge in [0, 0.05) is 41.0 Å². The highest BCUT2D eigenvalue weighted by Gasteiger charge is 2.22. The van der Waals surface area contributed by atoms with Crippen LogP contribution in [0.25, 0.3) is 16.2 Å². The van der Waals surface area contributed by atoms with Crippen LogP contribution in [0.2, 0.25) is 5.02 Å². The molecular formula is C24H22ClN4O3S+. The van der Waals surface area contributed by atoms with Gasteiger partial charge in [-0.2, -0.15) is 4.98 Å². The molecule has 0 spiro atoms. The van der Waals surface area contributed by atoms with Gasteiger partial charge in [0.2, 0.25) is 0 Å². The lowest BCUT2D eigenvalue weighted by Crippen LogP contribution is -2.42. The van der Waals surface area contributed by atoms with Crippen LogP contribution in [0.1, 0.15) is 21.5 Å². The number of thiophene rings is 1. The smallest absolute Gasteiger partial charge is 0.349 e. The number of imidazole rings is 1. The van der Waals surface area contributed by atoms with Crippen molar-refractivity contribution in [2.75, 3.05) is 24.7 Å². The van der Waals surface area contributed by atoms with Gasteiger partial charge in [-0.15, -0.1) is 0 Å². The van der Waals surface area contributed by atoms with Gasteiger partial charge in [-0.05, 0) is 48.9 Å². The van der Waals surface area contributed by atoms with Crippen molar-refractivity contribution in [1.29, 1.82) is 0 Å². The highest BCUT2D eigenvalue weighted by atomic mass is 35.5. The molecule has 2 aromatic carbocycles. The van der Waals surface area contributed by atoms with Crippen LogP contribution in [-0.2, 0) is 16.1 Å². The van der Waals surface area contributed by atoms with E-state index in [1.54, 1.807) is 11.0 Å². The van der Waals surface area contributed by atoms with Crippen LogP contribution in [0.3, 0.4) is 0 Å². The minimum atomic E-state index is -0.284. The predicted molar refractivity (Wildman–Crippen MR) is 130 cm³/mol. The number of carbonyl (C=O) groups is 2. The van der Waals surface area contributed by atoms with E-state index in [2.05, 4.69) is 26.0 Å². The summed E-state index contributed by atoms with van der Waals surface area (Å²) in [6.45, 7) is 3.45. The zero-order chi connectivity index (χ0) is 22.9. The quantitative estimate of drug-likeness (QED) is 0.409. The van der Waals surface area contributed by atoms with E-state index in [1.165, 1.54) is 0 Å². The first kappa shape index (κ1) is 21.6. The number of aromatic amines is 1. The molecule has 9 heteroatoms. The maximum absolute atomic E-state index is 12.7. The Morgan fingerprint density at radius 3 is 2.97 bits per heavy atom. The molecule has 1 aliphatic rings. The summed E-state index contributed by atoms with van der Waals surface area (Å²) in [5.41, 5.74) is 5.07. The van der Waals surface area contributed by atoms with Gasteiger partial charge in [0.05, 0.1) is 28.1 Å². The summed E-state index contributed by atoms with van der Waals surface area (Å²) in [7, 11) is -0.284. The van der Waals surface area contributed by atoms with Crippen molar-refractivity contribution in [3.8, 4) is 5.16 Å². The Labute approximate surface area is 198 Å². The van der Waals surface area contributed by atoms with Crippen LogP contribution < -0.4 is 10.2 Å². The molecular weight excluding hydrogens is 460 g/mol. The number of benzene rings is 2. The molecule has 0 radical (unpaired) electrons. The van der Waals surface area contributed by atoms with E-state index >= 15 is 0 Å². The zero-order valence-electron chi connectivity index (χ0n) is 17.9. The number of carbonyl (C=O) groups excluding carboxylic acids is 2. The molecule has 1 fully saturated rings. The number of nitrogens with zero attached hydrogens (tertiary/aromatic N) is 2. The summed E-state index contributed by atoms with van der Waals surface area (Å²) in [5.74, 6) is -0.220. The van der Waals surface area contributed by atoms with Crippen molar-refractivity contribution in [3.05, 3.63) is 74.9 Å². The minimum Gasteiger partial charge on any atom is -0.370 e. The van der Waals surface area contributed by atoms with Gasteiger partial charge in [0.1, 0.15) is 12.0 Å². The van der Waals surface area contributed by atoms with Crippen molar-refractivity contribution < 1.29 is 14.3 Å². The molecule has 0 bridgehead atoms. The molecule has 2 aromatic heterocycles. The standard InChI is InChI=1S/C24H21ClN4O3S/c1-15-10-17(2-5-21(15)29-7-8-32-13-22(29)30)23(31)26-12-16-6-9-33(14-16)24-27-19-4-3-18(25)11-20(19)28-24/h2-6,9-11,14H,7-8,12-13H2,1H3,(H-,26,27,28,31)/p+1. The fourth-order valence-electron chi connectivity index (χ4n) is 3.85. The summed E-state index contributed by atoms with van der Waals surface area (Å²) < 4.78 is 5.19. The number of hydrogen-bond acceptors (Lipinski definition) is 4. The number of anilines is 1. The van der Waals surface area contributed by atoms with Crippen molar-refractivity contribution in [1.82, 2.24) is 15.3 Å². The molecule has 1 unspecified atom stereocenters. The van der Waals surface area contributed by atoms with Gasteiger partial charge < -0.3 is 15.0 Å². The Morgan fingerprint density at radius 2 is 2.15 bits per heavy atom. The van der Waals surface area contributed by atoms with E-state index < -0.39 is 0 Å². The minimum absolute atomic E-state index is 0.0653. The van der Waals surface area contributed by atoms with Gasteiger partial charge in [0.25, 0.3) is 11.8 Å². The monoisotopic (exact) mass is 481 g/mol. The van der Waals surface area contributed by atoms with Crippen molar-refractivity contribution in [3.63, 3.8) is 0 Å². The number of hydrogen-bond donors (Lipinski definition) is 2. The van der Waals surface area contributed by atoms with E-state index in [9.17, 15) is 9.59 Å². The summed E-state index contributed by atoms with van der Waals surface area (Å²) in [6.07, 6.45) is 0. The lowest BCUT2D eigenvalue weighted by atomic mass is 10.1. The van der Waals surface area contributed by atoms with E-state index in [4.69, 9.17) is 16.3 Å². The highest BCUT2D eigenvalue weighted by molar-refractivity contribution is 7.36. The maximum atomic E-state index is 12.7. The molecule has 1 aliphatic heterocycles. The molecule has 4 aromatic rings. The van der Waals surface area contributed by atoms with Crippen molar-refractivity contribution in [2.24, 2.45) is 0 Å². The fraction of sp³-hybridized carbons (Fsp3) is 0.208. The Bertz CT molecular complexity index is 1360.